The first-order chi connectivity index (χ1) is 53.0. The van der Waals surface area contributed by atoms with Gasteiger partial charge in [0.2, 0.25) is 0 Å². The zero-order valence-electron chi connectivity index (χ0n) is 63.5. The molecule has 5 aliphatic heterocycles. The van der Waals surface area contributed by atoms with E-state index in [2.05, 4.69) is 26.0 Å². The van der Waals surface area contributed by atoms with E-state index in [4.69, 9.17) is 65.9 Å². The molecule has 5 heterocycles. The Labute approximate surface area is 646 Å². The van der Waals surface area contributed by atoms with Gasteiger partial charge in [0.15, 0.2) is 37.6 Å². The van der Waals surface area contributed by atoms with E-state index in [1.54, 1.807) is 0 Å². The Morgan fingerprint density at radius 2 is 0.649 bits per heavy atom. The summed E-state index contributed by atoms with van der Waals surface area (Å²) in [5.74, 6) is -1.48. The molecule has 6 aliphatic rings. The number of esters is 2. The van der Waals surface area contributed by atoms with Crippen LogP contribution in [-0.2, 0) is 80.0 Å². The Hall–Kier alpha value is -2.41. The first-order valence-electron chi connectivity index (χ1n) is 39.6. The maximum absolute atomic E-state index is 14.5. The summed E-state index contributed by atoms with van der Waals surface area (Å²) in [6.45, 7) is -1.93. The Morgan fingerprint density at radius 1 is 0.351 bits per heavy atom. The number of carbonyl (C=O) groups is 2. The fourth-order valence-corrected chi connectivity index (χ4v) is 14.8. The summed E-state index contributed by atoms with van der Waals surface area (Å²) in [5, 5.41) is 217. The van der Waals surface area contributed by atoms with E-state index >= 15 is 0 Å². The van der Waals surface area contributed by atoms with Gasteiger partial charge in [-0.1, -0.05) is 148 Å². The summed E-state index contributed by atoms with van der Waals surface area (Å²) in [6.07, 6.45) is -36.8. The minimum absolute atomic E-state index is 0.0190. The molecule has 650 valence electrons. The van der Waals surface area contributed by atoms with E-state index in [9.17, 15) is 121 Å². The van der Waals surface area contributed by atoms with Crippen LogP contribution in [0.1, 0.15) is 187 Å². The van der Waals surface area contributed by atoms with Crippen LogP contribution in [0.2, 0.25) is 0 Å². The fourth-order valence-electron chi connectivity index (χ4n) is 13.8. The molecule has 39 heteroatoms. The monoisotopic (exact) mass is 1630 g/mol. The largest absolute Gasteiger partial charge is 0.472 e. The van der Waals surface area contributed by atoms with E-state index in [1.807, 2.05) is 0 Å². The fraction of sp³-hybridized carbons (Fsp3) is 0.944. The SMILES string of the molecule is CCCCCC/C=C\CCCCCCCC(=O)O[C@H](COC(=O)CCCCCCCCCCCCCCCC)COP(=O)(O)O[C@@H]1C(O[C@@H]2OC(CO[C@@H]3OC(CO[C@@H]4OC(CO[C@@H]5OC(CO)[C@H](O)C(O)[C@@H]5O)[C@H](O)C(O)[C@@H]4O)[C@H](O)C(O)[C@@H]3O)[C@H](O)C(O)[C@@H]2O)C(O)[C@@H](O)C(O)[C@H]1O[C@H]1OC(CO)[C@@H](O)C(O)[C@H]1O. The van der Waals surface area contributed by atoms with Crippen molar-refractivity contribution in [3.63, 3.8) is 0 Å². The lowest BCUT2D eigenvalue weighted by Crippen LogP contribution is -2.69. The van der Waals surface area contributed by atoms with Crippen molar-refractivity contribution in [3.05, 3.63) is 12.2 Å². The van der Waals surface area contributed by atoms with Crippen LogP contribution in [0.25, 0.3) is 0 Å². The van der Waals surface area contributed by atoms with Gasteiger partial charge in [-0.15, -0.1) is 0 Å². The molecule has 33 atom stereocenters. The predicted octanol–water partition coefficient (Wildman–Crippen LogP) is -2.99. The van der Waals surface area contributed by atoms with Crippen LogP contribution in [0.3, 0.4) is 0 Å². The zero-order valence-corrected chi connectivity index (χ0v) is 64.3. The summed E-state index contributed by atoms with van der Waals surface area (Å²) in [4.78, 5) is 38.3. The highest BCUT2D eigenvalue weighted by atomic mass is 31.2. The van der Waals surface area contributed by atoms with Gasteiger partial charge in [0.05, 0.1) is 39.6 Å². The molecule has 111 heavy (non-hydrogen) atoms. The maximum atomic E-state index is 14.5. The molecule has 38 nitrogen and oxygen atoms in total. The van der Waals surface area contributed by atoms with Crippen LogP contribution in [0.5, 0.6) is 0 Å². The molecule has 1 aliphatic carbocycles. The predicted molar refractivity (Wildman–Crippen MR) is 380 cm³/mol. The highest BCUT2D eigenvalue weighted by Gasteiger charge is 2.59. The Morgan fingerprint density at radius 3 is 1.03 bits per heavy atom. The van der Waals surface area contributed by atoms with Gasteiger partial charge in [0.1, 0.15) is 165 Å². The Bertz CT molecular complexity index is 2630. The number of unbranched alkanes of at least 4 members (excludes halogenated alkanes) is 22. The van der Waals surface area contributed by atoms with Crippen molar-refractivity contribution in [1.82, 2.24) is 0 Å². The van der Waals surface area contributed by atoms with Gasteiger partial charge in [-0.05, 0) is 38.5 Å². The lowest BCUT2D eigenvalue weighted by molar-refractivity contribution is -0.365. The summed E-state index contributed by atoms with van der Waals surface area (Å²) in [7, 11) is -5.86. The summed E-state index contributed by atoms with van der Waals surface area (Å²) in [5.41, 5.74) is 0. The standard InChI is InChI=1S/C72H129O38P/c1-3-5-7-9-11-13-15-17-19-20-22-24-26-28-30-45(75)97-34-39(102-46(76)31-29-27-25-23-21-18-16-14-12-10-8-6-4-2)35-101-111(95,96)110-67-65(108-71-63(93)53(83)48(78)41(33-74)104-71)58(88)57(87)59(89)66(67)109-72-64(94)56(86)51(81)44(107-72)38-100-70-62(92)55(85)50(80)43(106-70)37-99-69-61(91)54(84)49(79)42(105-69)36-98-68-60(90)52(82)47(77)40(32-73)103-68/h14,16,39-44,47-74,77-94H,3-13,15,17-38H2,1-2H3,(H,95,96)/b16-14-/t39-,40?,41?,42?,43?,44?,47+,48-,49+,50+,51+,52?,53?,54?,55?,56?,57+,58?,59?,60+,61+,62+,63-,64+,65-,66?,67+,68-,69-,70-,71-,72+/m1/s1. The van der Waals surface area contributed by atoms with Crippen molar-refractivity contribution >= 4 is 19.8 Å². The third-order valence-corrected chi connectivity index (χ3v) is 21.8. The van der Waals surface area contributed by atoms with Crippen LogP contribution < -0.4 is 0 Å². The number of ether oxygens (including phenoxy) is 12. The molecule has 6 fully saturated rings. The highest BCUT2D eigenvalue weighted by molar-refractivity contribution is 7.47. The Balaban J connectivity index is 1.14. The second-order valence-corrected chi connectivity index (χ2v) is 31.1. The topological polar surface area (TPSA) is 605 Å². The molecule has 5 saturated heterocycles. The number of aliphatic hydroxyl groups is 20. The van der Waals surface area contributed by atoms with Crippen molar-refractivity contribution in [3.8, 4) is 0 Å². The first-order valence-corrected chi connectivity index (χ1v) is 41.1. The van der Waals surface area contributed by atoms with Crippen molar-refractivity contribution in [2.24, 2.45) is 0 Å². The summed E-state index contributed by atoms with van der Waals surface area (Å²) in [6, 6.07) is 0. The quantitative estimate of drug-likeness (QED) is 0.0125. The molecular formula is C72H129O38P. The van der Waals surface area contributed by atoms with Gasteiger partial charge in [0.25, 0.3) is 0 Å². The number of hydrogen-bond donors (Lipinski definition) is 21. The molecule has 1 saturated carbocycles. The third-order valence-electron chi connectivity index (χ3n) is 20.9. The van der Waals surface area contributed by atoms with Gasteiger partial charge in [-0.2, -0.15) is 0 Å². The van der Waals surface area contributed by atoms with E-state index < -0.39 is 262 Å². The summed E-state index contributed by atoms with van der Waals surface area (Å²) < 4.78 is 92.8. The number of phosphoric ester groups is 1. The molecule has 0 aromatic carbocycles. The molecule has 6 rings (SSSR count). The normalized spacial score (nSPS) is 38.5. The zero-order chi connectivity index (χ0) is 81.5. The highest BCUT2D eigenvalue weighted by Crippen LogP contribution is 2.49. The molecule has 0 bridgehead atoms. The van der Waals surface area contributed by atoms with E-state index in [1.165, 1.54) is 64.2 Å². The molecule has 21 N–H and O–H groups in total. The molecule has 0 amide bonds. The lowest BCUT2D eigenvalue weighted by atomic mass is 9.84. The minimum atomic E-state index is -5.86. The number of aliphatic hydroxyl groups excluding tert-OH is 20. The molecule has 0 aromatic rings. The molecule has 14 unspecified atom stereocenters. The van der Waals surface area contributed by atoms with Crippen molar-refractivity contribution < 1.29 is 187 Å². The van der Waals surface area contributed by atoms with Crippen molar-refractivity contribution in [1.29, 1.82) is 0 Å². The molecule has 0 spiro atoms. The Kier molecular flexibility index (Phi) is 44.3. The minimum Gasteiger partial charge on any atom is -0.462 e. The van der Waals surface area contributed by atoms with Gasteiger partial charge < -0.3 is 164 Å². The van der Waals surface area contributed by atoms with Gasteiger partial charge >= 0.3 is 19.8 Å². The van der Waals surface area contributed by atoms with Gasteiger partial charge in [-0.25, -0.2) is 4.57 Å². The molecular weight excluding hydrogens is 1500 g/mol. The number of phosphoric acid groups is 1. The maximum Gasteiger partial charge on any atom is 0.472 e. The van der Waals surface area contributed by atoms with Crippen LogP contribution >= 0.6 is 7.82 Å². The number of hydrogen-bond acceptors (Lipinski definition) is 37. The van der Waals surface area contributed by atoms with E-state index in [0.717, 1.165) is 77.0 Å². The second kappa shape index (κ2) is 50.5. The van der Waals surface area contributed by atoms with Crippen LogP contribution in [0.15, 0.2) is 12.2 Å². The van der Waals surface area contributed by atoms with Crippen LogP contribution in [0, 0.1) is 0 Å². The van der Waals surface area contributed by atoms with E-state index in [0.29, 0.717) is 19.3 Å². The number of carbonyl (C=O) groups excluding carboxylic acids is 2. The van der Waals surface area contributed by atoms with Gasteiger partial charge in [0, 0.05) is 12.8 Å². The summed E-state index contributed by atoms with van der Waals surface area (Å²) >= 11 is 0. The smallest absolute Gasteiger partial charge is 0.462 e. The van der Waals surface area contributed by atoms with Gasteiger partial charge in [-0.3, -0.25) is 18.6 Å². The molecule has 0 aromatic heterocycles. The second-order valence-electron chi connectivity index (χ2n) is 29.7. The number of rotatable bonds is 51. The average molecular weight is 1630 g/mol. The average Bonchev–Trinajstić information content (AvgIpc) is 0.761. The lowest BCUT2D eigenvalue weighted by Gasteiger charge is -2.49. The third kappa shape index (κ3) is 30.1. The van der Waals surface area contributed by atoms with E-state index in [-0.39, 0.29) is 12.8 Å². The molecule has 0 radical (unpaired) electrons. The number of allylic oxidation sites excluding steroid dienone is 2. The van der Waals surface area contributed by atoms with Crippen LogP contribution in [0.4, 0.5) is 0 Å². The van der Waals surface area contributed by atoms with Crippen LogP contribution in [-0.4, -0.2) is 361 Å². The first kappa shape index (κ1) is 97.4. The van der Waals surface area contributed by atoms with Crippen molar-refractivity contribution in [2.45, 2.75) is 383 Å². The van der Waals surface area contributed by atoms with Crippen molar-refractivity contribution in [2.75, 3.05) is 46.2 Å².